The van der Waals surface area contributed by atoms with Gasteiger partial charge in [-0.25, -0.2) is 0 Å². The summed E-state index contributed by atoms with van der Waals surface area (Å²) in [7, 11) is 0. The van der Waals surface area contributed by atoms with Crippen LogP contribution in [0.1, 0.15) is 35.4 Å². The number of hydrogen-bond donors (Lipinski definition) is 1. The number of benzene rings is 1. The van der Waals surface area contributed by atoms with Crippen molar-refractivity contribution >= 4 is 27.3 Å². The summed E-state index contributed by atoms with van der Waals surface area (Å²) in [6, 6.07) is 13.9. The highest BCUT2D eigenvalue weighted by Crippen LogP contribution is 2.39. The minimum absolute atomic E-state index is 0.520. The van der Waals surface area contributed by atoms with Crippen molar-refractivity contribution in [2.24, 2.45) is 5.92 Å². The van der Waals surface area contributed by atoms with E-state index < -0.39 is 0 Å². The molecule has 0 saturated carbocycles. The molecule has 2 atom stereocenters. The first-order chi connectivity index (χ1) is 9.78. The van der Waals surface area contributed by atoms with E-state index in [2.05, 4.69) is 64.6 Å². The monoisotopic (exact) mass is 349 g/mol. The van der Waals surface area contributed by atoms with Gasteiger partial charge in [0, 0.05) is 10.9 Å². The molecule has 1 heterocycles. The van der Waals surface area contributed by atoms with Gasteiger partial charge in [0.15, 0.2) is 0 Å². The van der Waals surface area contributed by atoms with E-state index in [0.717, 1.165) is 6.54 Å². The number of thiophene rings is 1. The largest absolute Gasteiger partial charge is 0.310 e. The Balaban J connectivity index is 1.79. The van der Waals surface area contributed by atoms with Crippen molar-refractivity contribution in [2.45, 2.75) is 32.2 Å². The molecule has 1 aliphatic carbocycles. The fourth-order valence-electron chi connectivity index (χ4n) is 3.16. The van der Waals surface area contributed by atoms with Crippen LogP contribution in [0.3, 0.4) is 0 Å². The molecular weight excluding hydrogens is 330 g/mol. The number of nitrogens with one attached hydrogen (secondary N) is 1. The van der Waals surface area contributed by atoms with E-state index in [1.807, 2.05) is 11.3 Å². The third-order valence-corrected chi connectivity index (χ3v) is 5.70. The average molecular weight is 350 g/mol. The molecule has 2 unspecified atom stereocenters. The Morgan fingerprint density at radius 1 is 1.25 bits per heavy atom. The average Bonchev–Trinajstić information content (AvgIpc) is 3.00. The van der Waals surface area contributed by atoms with Crippen LogP contribution in [0.15, 0.2) is 40.2 Å². The molecule has 0 fully saturated rings. The van der Waals surface area contributed by atoms with Gasteiger partial charge < -0.3 is 5.32 Å². The second kappa shape index (κ2) is 6.42. The van der Waals surface area contributed by atoms with Gasteiger partial charge in [-0.2, -0.15) is 0 Å². The minimum Gasteiger partial charge on any atom is -0.310 e. The fraction of sp³-hybridized carbons (Fsp3) is 0.412. The van der Waals surface area contributed by atoms with E-state index in [-0.39, 0.29) is 0 Å². The molecule has 2 aromatic rings. The summed E-state index contributed by atoms with van der Waals surface area (Å²) in [6.07, 6.45) is 3.56. The van der Waals surface area contributed by atoms with Crippen LogP contribution in [0.25, 0.3) is 0 Å². The Morgan fingerprint density at radius 2 is 2.10 bits per heavy atom. The van der Waals surface area contributed by atoms with Crippen LogP contribution in [0, 0.1) is 5.92 Å². The quantitative estimate of drug-likeness (QED) is 0.803. The van der Waals surface area contributed by atoms with Crippen LogP contribution in [-0.4, -0.2) is 6.54 Å². The molecule has 0 bridgehead atoms. The molecule has 1 aliphatic rings. The summed E-state index contributed by atoms with van der Waals surface area (Å²) in [5.74, 6) is 0.685. The smallest absolute Gasteiger partial charge is 0.0701 e. The lowest BCUT2D eigenvalue weighted by atomic mass is 9.96. The number of fused-ring (bicyclic) bond motifs is 1. The number of halogens is 1. The van der Waals surface area contributed by atoms with E-state index in [4.69, 9.17) is 0 Å². The van der Waals surface area contributed by atoms with Gasteiger partial charge in [0.25, 0.3) is 0 Å². The highest BCUT2D eigenvalue weighted by atomic mass is 79.9. The molecule has 0 spiro atoms. The van der Waals surface area contributed by atoms with Gasteiger partial charge in [0.2, 0.25) is 0 Å². The normalized spacial score (nSPS) is 21.1. The van der Waals surface area contributed by atoms with Gasteiger partial charge >= 0.3 is 0 Å². The first-order valence-electron chi connectivity index (χ1n) is 7.33. The summed E-state index contributed by atoms with van der Waals surface area (Å²) in [5, 5.41) is 3.76. The maximum Gasteiger partial charge on any atom is 0.0701 e. The highest BCUT2D eigenvalue weighted by Gasteiger charge is 2.31. The standard InChI is InChI=1S/C17H20BrNS/c1-2-9-19-17-13(11-14-7-8-16(18)20-14)10-12-5-3-4-6-15(12)17/h3-8,13,17,19H,2,9-11H2,1H3. The predicted octanol–water partition coefficient (Wildman–Crippen LogP) is 4.97. The number of hydrogen-bond acceptors (Lipinski definition) is 2. The van der Waals surface area contributed by atoms with E-state index in [9.17, 15) is 0 Å². The first-order valence-corrected chi connectivity index (χ1v) is 8.94. The van der Waals surface area contributed by atoms with Crippen LogP contribution in [0.5, 0.6) is 0 Å². The highest BCUT2D eigenvalue weighted by molar-refractivity contribution is 9.11. The molecule has 3 heteroatoms. The van der Waals surface area contributed by atoms with Crippen LogP contribution < -0.4 is 5.32 Å². The first kappa shape index (κ1) is 14.3. The van der Waals surface area contributed by atoms with E-state index in [0.29, 0.717) is 12.0 Å². The molecule has 20 heavy (non-hydrogen) atoms. The van der Waals surface area contributed by atoms with Gasteiger partial charge in [-0.05, 0) is 70.9 Å². The summed E-state index contributed by atoms with van der Waals surface area (Å²) in [4.78, 5) is 1.48. The van der Waals surface area contributed by atoms with Crippen molar-refractivity contribution in [1.82, 2.24) is 5.32 Å². The summed E-state index contributed by atoms with van der Waals surface area (Å²) in [5.41, 5.74) is 3.04. The SMILES string of the molecule is CCCNC1c2ccccc2CC1Cc1ccc(Br)s1. The topological polar surface area (TPSA) is 12.0 Å². The molecule has 0 radical (unpaired) electrons. The predicted molar refractivity (Wildman–Crippen MR) is 90.4 cm³/mol. The molecular formula is C17H20BrNS. The van der Waals surface area contributed by atoms with Crippen molar-refractivity contribution in [3.8, 4) is 0 Å². The maximum absolute atomic E-state index is 3.76. The van der Waals surface area contributed by atoms with Crippen molar-refractivity contribution in [1.29, 1.82) is 0 Å². The van der Waals surface area contributed by atoms with Crippen molar-refractivity contribution in [3.63, 3.8) is 0 Å². The molecule has 0 amide bonds. The molecule has 1 aromatic heterocycles. The summed E-state index contributed by atoms with van der Waals surface area (Å²) >= 11 is 5.44. The zero-order valence-electron chi connectivity index (χ0n) is 11.7. The lowest BCUT2D eigenvalue weighted by Crippen LogP contribution is -2.27. The Hall–Kier alpha value is -0.640. The summed E-state index contributed by atoms with van der Waals surface area (Å²) < 4.78 is 1.24. The van der Waals surface area contributed by atoms with E-state index in [1.54, 1.807) is 0 Å². The van der Waals surface area contributed by atoms with Crippen molar-refractivity contribution in [2.75, 3.05) is 6.54 Å². The molecule has 3 rings (SSSR count). The van der Waals surface area contributed by atoms with Crippen LogP contribution >= 0.6 is 27.3 Å². The molecule has 1 N–H and O–H groups in total. The van der Waals surface area contributed by atoms with Crippen LogP contribution in [0.4, 0.5) is 0 Å². The fourth-order valence-corrected chi connectivity index (χ4v) is 4.74. The molecule has 1 nitrogen and oxygen atoms in total. The second-order valence-corrected chi connectivity index (χ2v) is 8.05. The van der Waals surface area contributed by atoms with Crippen molar-refractivity contribution < 1.29 is 0 Å². The Bertz CT molecular complexity index is 578. The van der Waals surface area contributed by atoms with Crippen LogP contribution in [0.2, 0.25) is 0 Å². The molecule has 0 saturated heterocycles. The lowest BCUT2D eigenvalue weighted by Gasteiger charge is -2.21. The Kier molecular flexibility index (Phi) is 4.59. The lowest BCUT2D eigenvalue weighted by molar-refractivity contribution is 0.389. The molecule has 1 aromatic carbocycles. The summed E-state index contributed by atoms with van der Waals surface area (Å²) in [6.45, 7) is 3.34. The minimum atomic E-state index is 0.520. The molecule has 0 aliphatic heterocycles. The third-order valence-electron chi connectivity index (χ3n) is 4.05. The zero-order chi connectivity index (χ0) is 13.9. The Morgan fingerprint density at radius 3 is 2.85 bits per heavy atom. The van der Waals surface area contributed by atoms with E-state index >= 15 is 0 Å². The van der Waals surface area contributed by atoms with Gasteiger partial charge in [-0.1, -0.05) is 31.2 Å². The zero-order valence-corrected chi connectivity index (χ0v) is 14.1. The third kappa shape index (κ3) is 3.00. The van der Waals surface area contributed by atoms with Gasteiger partial charge in [-0.15, -0.1) is 11.3 Å². The number of rotatable bonds is 5. The van der Waals surface area contributed by atoms with Crippen LogP contribution in [-0.2, 0) is 12.8 Å². The van der Waals surface area contributed by atoms with Gasteiger partial charge in [0.1, 0.15) is 0 Å². The van der Waals surface area contributed by atoms with Crippen molar-refractivity contribution in [3.05, 3.63) is 56.2 Å². The maximum atomic E-state index is 3.76. The van der Waals surface area contributed by atoms with Gasteiger partial charge in [0.05, 0.1) is 3.79 Å². The van der Waals surface area contributed by atoms with E-state index in [1.165, 1.54) is 39.1 Å². The Labute approximate surface area is 133 Å². The van der Waals surface area contributed by atoms with Gasteiger partial charge in [-0.3, -0.25) is 0 Å². The second-order valence-electron chi connectivity index (χ2n) is 5.50. The molecule has 106 valence electrons.